The van der Waals surface area contributed by atoms with E-state index in [1.807, 2.05) is 24.3 Å². The van der Waals surface area contributed by atoms with Gasteiger partial charge in [0.2, 0.25) is 10.0 Å². The molecule has 0 radical (unpaired) electrons. The summed E-state index contributed by atoms with van der Waals surface area (Å²) in [4.78, 5) is 22.5. The lowest BCUT2D eigenvalue weighted by atomic mass is 10.0. The van der Waals surface area contributed by atoms with Crippen molar-refractivity contribution >= 4 is 43.0 Å². The number of hydrogen-bond donors (Lipinski definition) is 1. The number of ether oxygens (including phenoxy) is 1. The molecule has 30 heavy (non-hydrogen) atoms. The summed E-state index contributed by atoms with van der Waals surface area (Å²) in [7, 11) is -3.90. The van der Waals surface area contributed by atoms with Crippen molar-refractivity contribution in [2.75, 3.05) is 19.7 Å². The highest BCUT2D eigenvalue weighted by Gasteiger charge is 2.34. The fourth-order valence-electron chi connectivity index (χ4n) is 3.48. The maximum atomic E-state index is 13.1. The highest BCUT2D eigenvalue weighted by Crippen LogP contribution is 2.38. The lowest BCUT2D eigenvalue weighted by Gasteiger charge is -2.32. The Balaban J connectivity index is 1.69. The Bertz CT molecular complexity index is 1240. The van der Waals surface area contributed by atoms with Gasteiger partial charge in [-0.1, -0.05) is 18.2 Å². The van der Waals surface area contributed by atoms with E-state index in [0.717, 1.165) is 22.2 Å². The van der Waals surface area contributed by atoms with Crippen molar-refractivity contribution in [2.24, 2.45) is 5.73 Å². The molecule has 0 aliphatic carbocycles. The van der Waals surface area contributed by atoms with Gasteiger partial charge in [-0.25, -0.2) is 8.42 Å². The second-order valence-corrected chi connectivity index (χ2v) is 9.67. The van der Waals surface area contributed by atoms with Crippen molar-refractivity contribution in [1.82, 2.24) is 4.31 Å². The predicted octanol–water partition coefficient (Wildman–Crippen LogP) is 2.67. The number of amides is 1. The van der Waals surface area contributed by atoms with Gasteiger partial charge in [-0.3, -0.25) is 14.9 Å². The summed E-state index contributed by atoms with van der Waals surface area (Å²) in [5.74, 6) is -0.592. The number of nitro groups is 1. The Hall–Kier alpha value is -2.86. The number of nitro benzene ring substituents is 1. The number of rotatable bonds is 5. The second-order valence-electron chi connectivity index (χ2n) is 6.68. The number of thiophene rings is 1. The number of primary amides is 1. The van der Waals surface area contributed by atoms with Crippen LogP contribution < -0.4 is 5.73 Å². The van der Waals surface area contributed by atoms with E-state index in [1.165, 1.54) is 27.8 Å². The van der Waals surface area contributed by atoms with Gasteiger partial charge in [0, 0.05) is 35.5 Å². The molecular formula is C19H17N3O6S2. The van der Waals surface area contributed by atoms with Gasteiger partial charge in [-0.2, -0.15) is 4.31 Å². The number of non-ortho nitro benzene ring substituents is 1. The van der Waals surface area contributed by atoms with E-state index in [0.29, 0.717) is 10.4 Å². The molecule has 1 fully saturated rings. The van der Waals surface area contributed by atoms with Crippen LogP contribution in [-0.4, -0.2) is 43.2 Å². The molecule has 4 rings (SSSR count). The van der Waals surface area contributed by atoms with E-state index in [9.17, 15) is 23.3 Å². The van der Waals surface area contributed by atoms with Crippen molar-refractivity contribution in [1.29, 1.82) is 0 Å². The lowest BCUT2D eigenvalue weighted by Crippen LogP contribution is -2.42. The van der Waals surface area contributed by atoms with Crippen LogP contribution >= 0.6 is 11.3 Å². The van der Waals surface area contributed by atoms with Crippen molar-refractivity contribution < 1.29 is 22.9 Å². The van der Waals surface area contributed by atoms with E-state index in [1.54, 1.807) is 0 Å². The molecule has 2 aromatic carbocycles. The van der Waals surface area contributed by atoms with Gasteiger partial charge in [0.25, 0.3) is 11.6 Å². The molecule has 2 N–H and O–H groups in total. The molecule has 1 aromatic heterocycles. The summed E-state index contributed by atoms with van der Waals surface area (Å²) < 4.78 is 34.1. The molecule has 1 aliphatic heterocycles. The monoisotopic (exact) mass is 447 g/mol. The van der Waals surface area contributed by atoms with Gasteiger partial charge in [0.1, 0.15) is 0 Å². The molecule has 0 bridgehead atoms. The molecule has 1 atom stereocenters. The van der Waals surface area contributed by atoms with Crippen molar-refractivity contribution in [3.63, 3.8) is 0 Å². The fourth-order valence-corrected chi connectivity index (χ4v) is 6.01. The number of sulfonamides is 1. The summed E-state index contributed by atoms with van der Waals surface area (Å²) in [6, 6.07) is 12.1. The predicted molar refractivity (Wildman–Crippen MR) is 111 cm³/mol. The van der Waals surface area contributed by atoms with Crippen LogP contribution in [0.2, 0.25) is 0 Å². The number of nitrogens with zero attached hydrogens (tertiary/aromatic N) is 2. The summed E-state index contributed by atoms with van der Waals surface area (Å²) in [5, 5.41) is 11.6. The standard InChI is InChI=1S/C19H17N3O6S2/c20-19(23)18-17(14-3-1-2-4-16(14)29-18)15-11-21(9-10-28-15)30(26,27)13-7-5-12(6-8-13)22(24)25/h1-8,15H,9-11H2,(H2,20,23)/t15-/m0/s1. The van der Waals surface area contributed by atoms with Crippen molar-refractivity contribution in [3.8, 4) is 0 Å². The molecule has 2 heterocycles. The fraction of sp³-hybridized carbons (Fsp3) is 0.211. The number of morpholine rings is 1. The highest BCUT2D eigenvalue weighted by molar-refractivity contribution is 7.89. The Morgan fingerprint density at radius 3 is 2.57 bits per heavy atom. The Morgan fingerprint density at radius 1 is 1.20 bits per heavy atom. The molecule has 3 aromatic rings. The lowest BCUT2D eigenvalue weighted by molar-refractivity contribution is -0.384. The van der Waals surface area contributed by atoms with Crippen LogP contribution in [0.25, 0.3) is 10.1 Å². The smallest absolute Gasteiger partial charge is 0.269 e. The van der Waals surface area contributed by atoms with Crippen LogP contribution in [-0.2, 0) is 14.8 Å². The number of nitrogens with two attached hydrogens (primary N) is 1. The highest BCUT2D eigenvalue weighted by atomic mass is 32.2. The third-order valence-corrected chi connectivity index (χ3v) is 7.97. The number of carbonyl (C=O) groups is 1. The topological polar surface area (TPSA) is 133 Å². The largest absolute Gasteiger partial charge is 0.371 e. The molecular weight excluding hydrogens is 430 g/mol. The molecule has 1 aliphatic rings. The summed E-state index contributed by atoms with van der Waals surface area (Å²) in [6.45, 7) is 0.267. The quantitative estimate of drug-likeness (QED) is 0.472. The number of hydrogen-bond acceptors (Lipinski definition) is 7. The van der Waals surface area contributed by atoms with Gasteiger partial charge in [0.05, 0.1) is 27.4 Å². The van der Waals surface area contributed by atoms with Crippen LogP contribution in [0.4, 0.5) is 5.69 Å². The van der Waals surface area contributed by atoms with E-state index in [2.05, 4.69) is 0 Å². The minimum atomic E-state index is -3.90. The summed E-state index contributed by atoms with van der Waals surface area (Å²) in [6.07, 6.45) is -0.662. The van der Waals surface area contributed by atoms with Crippen LogP contribution in [0, 0.1) is 10.1 Å². The average Bonchev–Trinajstić information content (AvgIpc) is 3.14. The minimum Gasteiger partial charge on any atom is -0.371 e. The molecule has 11 heteroatoms. The first kappa shape index (κ1) is 20.4. The minimum absolute atomic E-state index is 0.000326. The van der Waals surface area contributed by atoms with Gasteiger partial charge in [-0.15, -0.1) is 11.3 Å². The van der Waals surface area contributed by atoms with Crippen LogP contribution in [0.15, 0.2) is 53.4 Å². The number of fused-ring (bicyclic) bond motifs is 1. The normalized spacial score (nSPS) is 17.8. The van der Waals surface area contributed by atoms with E-state index in [4.69, 9.17) is 10.5 Å². The molecule has 0 saturated carbocycles. The van der Waals surface area contributed by atoms with E-state index in [-0.39, 0.29) is 30.3 Å². The molecule has 1 amide bonds. The molecule has 0 unspecified atom stereocenters. The van der Waals surface area contributed by atoms with Crippen LogP contribution in [0.1, 0.15) is 21.3 Å². The van der Waals surface area contributed by atoms with Gasteiger partial charge in [-0.05, 0) is 23.6 Å². The Morgan fingerprint density at radius 2 is 1.90 bits per heavy atom. The molecule has 1 saturated heterocycles. The Labute approximate surface area is 175 Å². The first-order valence-electron chi connectivity index (χ1n) is 8.96. The van der Waals surface area contributed by atoms with E-state index >= 15 is 0 Å². The number of carbonyl (C=O) groups excluding carboxylic acids is 1. The maximum absolute atomic E-state index is 13.1. The third-order valence-electron chi connectivity index (χ3n) is 4.89. The van der Waals surface area contributed by atoms with Gasteiger partial charge >= 0.3 is 0 Å². The van der Waals surface area contributed by atoms with Gasteiger partial charge < -0.3 is 10.5 Å². The first-order valence-corrected chi connectivity index (χ1v) is 11.2. The summed E-state index contributed by atoms with van der Waals surface area (Å²) >= 11 is 1.25. The average molecular weight is 447 g/mol. The molecule has 9 nitrogen and oxygen atoms in total. The van der Waals surface area contributed by atoms with Crippen molar-refractivity contribution in [2.45, 2.75) is 11.0 Å². The zero-order valence-electron chi connectivity index (χ0n) is 15.6. The SMILES string of the molecule is NC(=O)c1sc2ccccc2c1[C@@H]1CN(S(=O)(=O)c2ccc([N+](=O)[O-])cc2)CCO1. The van der Waals surface area contributed by atoms with Crippen molar-refractivity contribution in [3.05, 3.63) is 69.1 Å². The summed E-state index contributed by atoms with van der Waals surface area (Å²) in [5.41, 5.74) is 5.96. The number of benzene rings is 2. The van der Waals surface area contributed by atoms with Crippen LogP contribution in [0.5, 0.6) is 0 Å². The maximum Gasteiger partial charge on any atom is 0.269 e. The van der Waals surface area contributed by atoms with E-state index < -0.39 is 27.0 Å². The van der Waals surface area contributed by atoms with Crippen LogP contribution in [0.3, 0.4) is 0 Å². The first-order chi connectivity index (χ1) is 14.3. The zero-order chi connectivity index (χ0) is 21.5. The van der Waals surface area contributed by atoms with Gasteiger partial charge in [0.15, 0.2) is 0 Å². The Kier molecular flexibility index (Phi) is 5.28. The zero-order valence-corrected chi connectivity index (χ0v) is 17.2. The third kappa shape index (κ3) is 3.56. The molecule has 156 valence electrons. The second kappa shape index (κ2) is 7.76. The molecule has 0 spiro atoms.